The lowest BCUT2D eigenvalue weighted by Gasteiger charge is -2.36. The first-order valence-electron chi connectivity index (χ1n) is 10.1. The maximum absolute atomic E-state index is 10.7. The van der Waals surface area contributed by atoms with Gasteiger partial charge in [0, 0.05) is 35.5 Å². The molecule has 28 heavy (non-hydrogen) atoms. The van der Waals surface area contributed by atoms with Gasteiger partial charge in [-0.1, -0.05) is 27.7 Å². The number of aliphatic hydroxyl groups is 1. The highest BCUT2D eigenvalue weighted by molar-refractivity contribution is 8.76. The summed E-state index contributed by atoms with van der Waals surface area (Å²) in [7, 11) is 3.80. The summed E-state index contributed by atoms with van der Waals surface area (Å²) in [6.07, 6.45) is 0.965. The molecule has 0 aromatic heterocycles. The number of rotatable bonds is 5. The molecule has 3 heterocycles. The number of aliphatic hydroxyl groups excluding tert-OH is 1. The Bertz CT molecular complexity index is 706. The summed E-state index contributed by atoms with van der Waals surface area (Å²) in [5, 5.41) is 26.1. The number of hydrogen-bond donors (Lipinski definition) is 3. The van der Waals surface area contributed by atoms with Gasteiger partial charge in [-0.2, -0.15) is 5.06 Å². The van der Waals surface area contributed by atoms with E-state index >= 15 is 0 Å². The summed E-state index contributed by atoms with van der Waals surface area (Å²) in [5.41, 5.74) is 3.51. The molecule has 1 fully saturated rings. The summed E-state index contributed by atoms with van der Waals surface area (Å²) in [5.74, 6) is 3.35. The second-order valence-corrected chi connectivity index (χ2v) is 12.0. The lowest BCUT2D eigenvalue weighted by atomic mass is 9.87. The fraction of sp³-hybridized carbons (Fsp3) is 0.714. The van der Waals surface area contributed by atoms with Crippen molar-refractivity contribution in [3.8, 4) is 5.75 Å². The van der Waals surface area contributed by atoms with E-state index in [1.807, 2.05) is 21.6 Å². The van der Waals surface area contributed by atoms with E-state index in [4.69, 9.17) is 4.74 Å². The number of hydrogen-bond acceptors (Lipinski definition) is 7. The summed E-state index contributed by atoms with van der Waals surface area (Å²) in [6, 6.07) is 4.45. The van der Waals surface area contributed by atoms with Gasteiger partial charge in [0.05, 0.1) is 0 Å². The van der Waals surface area contributed by atoms with Crippen molar-refractivity contribution in [3.05, 3.63) is 28.8 Å². The van der Waals surface area contributed by atoms with Crippen molar-refractivity contribution in [1.29, 1.82) is 0 Å². The molecule has 1 aromatic carbocycles. The van der Waals surface area contributed by atoms with Crippen LogP contribution in [0.15, 0.2) is 12.1 Å². The Balaban J connectivity index is 1.31. The smallest absolute Gasteiger partial charge is 0.130 e. The van der Waals surface area contributed by atoms with Crippen LogP contribution in [0.3, 0.4) is 0 Å². The molecule has 7 heteroatoms. The molecule has 0 spiro atoms. The molecule has 1 saturated heterocycles. The minimum absolute atomic E-state index is 0.186. The first-order chi connectivity index (χ1) is 13.2. The van der Waals surface area contributed by atoms with E-state index in [2.05, 4.69) is 45.1 Å². The van der Waals surface area contributed by atoms with Crippen LogP contribution in [0.25, 0.3) is 0 Å². The summed E-state index contributed by atoms with van der Waals surface area (Å²) >= 11 is 0. The number of ether oxygens (including phenoxy) is 1. The number of fused-ring (bicyclic) bond motifs is 2. The molecule has 3 aliphatic rings. The Morgan fingerprint density at radius 1 is 1.18 bits per heavy atom. The van der Waals surface area contributed by atoms with E-state index in [1.54, 1.807) is 0 Å². The van der Waals surface area contributed by atoms with Crippen molar-refractivity contribution in [2.24, 2.45) is 5.92 Å². The van der Waals surface area contributed by atoms with Crippen LogP contribution in [0.1, 0.15) is 50.8 Å². The molecule has 0 bridgehead atoms. The molecule has 5 nitrogen and oxygen atoms in total. The average Bonchev–Trinajstić information content (AvgIpc) is 3.12. The fourth-order valence-electron chi connectivity index (χ4n) is 4.85. The Morgan fingerprint density at radius 3 is 2.50 bits per heavy atom. The predicted octanol–water partition coefficient (Wildman–Crippen LogP) is 3.60. The minimum Gasteiger partial charge on any atom is -0.487 e. The van der Waals surface area contributed by atoms with Gasteiger partial charge in [-0.15, -0.1) is 0 Å². The van der Waals surface area contributed by atoms with Gasteiger partial charge in [0.1, 0.15) is 18.0 Å². The number of nitrogens with zero attached hydrogens (tertiary/aromatic N) is 1. The molecule has 3 atom stereocenters. The summed E-state index contributed by atoms with van der Waals surface area (Å²) in [6.45, 7) is 9.59. The van der Waals surface area contributed by atoms with Gasteiger partial charge in [-0.25, -0.2) is 0 Å². The largest absolute Gasteiger partial charge is 0.487 e. The lowest BCUT2D eigenvalue weighted by Crippen LogP contribution is -2.49. The molecule has 0 amide bonds. The van der Waals surface area contributed by atoms with Crippen molar-refractivity contribution < 1.29 is 15.1 Å². The van der Waals surface area contributed by atoms with Gasteiger partial charge in [0.2, 0.25) is 0 Å². The van der Waals surface area contributed by atoms with Crippen molar-refractivity contribution >= 4 is 21.6 Å². The van der Waals surface area contributed by atoms with Crippen LogP contribution in [0.5, 0.6) is 5.75 Å². The van der Waals surface area contributed by atoms with Crippen LogP contribution in [0, 0.1) is 5.92 Å². The quantitative estimate of drug-likeness (QED) is 0.624. The molecule has 3 aliphatic heterocycles. The van der Waals surface area contributed by atoms with Crippen LogP contribution in [-0.4, -0.2) is 51.8 Å². The summed E-state index contributed by atoms with van der Waals surface area (Å²) in [4.78, 5) is 0. The maximum atomic E-state index is 10.7. The van der Waals surface area contributed by atoms with Gasteiger partial charge in [-0.3, -0.25) is 0 Å². The Morgan fingerprint density at radius 2 is 1.86 bits per heavy atom. The van der Waals surface area contributed by atoms with E-state index in [0.717, 1.165) is 36.6 Å². The Labute approximate surface area is 175 Å². The molecule has 156 valence electrons. The van der Waals surface area contributed by atoms with Crippen molar-refractivity contribution in [3.63, 3.8) is 0 Å². The highest BCUT2D eigenvalue weighted by atomic mass is 33.1. The molecule has 1 aromatic rings. The third-order valence-corrected chi connectivity index (χ3v) is 8.86. The standard InChI is InChI=1S/C21H32N2O3S2/c1-20(2)8-16(21(3,4)23(20)25)9-22-10-17(24)19-6-13-5-14-11-27-28-12-15(14)7-18(13)26-19/h5,7,16-17,19,22,24-25H,6,8-12H2,1-4H3. The van der Waals surface area contributed by atoms with E-state index in [9.17, 15) is 10.3 Å². The van der Waals surface area contributed by atoms with Crippen LogP contribution >= 0.6 is 21.6 Å². The molecule has 4 rings (SSSR count). The van der Waals surface area contributed by atoms with Gasteiger partial charge in [0.15, 0.2) is 0 Å². The summed E-state index contributed by atoms with van der Waals surface area (Å²) < 4.78 is 6.09. The Kier molecular flexibility index (Phi) is 5.70. The average molecular weight is 425 g/mol. The molecular weight excluding hydrogens is 392 g/mol. The van der Waals surface area contributed by atoms with E-state index in [-0.39, 0.29) is 17.2 Å². The fourth-order valence-corrected chi connectivity index (χ4v) is 7.07. The zero-order valence-corrected chi connectivity index (χ0v) is 18.8. The van der Waals surface area contributed by atoms with Crippen molar-refractivity contribution in [2.75, 3.05) is 13.1 Å². The van der Waals surface area contributed by atoms with Gasteiger partial charge >= 0.3 is 0 Å². The second-order valence-electron chi connectivity index (χ2n) is 9.52. The third kappa shape index (κ3) is 3.82. The number of hydroxylamine groups is 2. The van der Waals surface area contributed by atoms with Crippen LogP contribution in [-0.2, 0) is 17.9 Å². The van der Waals surface area contributed by atoms with Gasteiger partial charge < -0.3 is 20.4 Å². The van der Waals surface area contributed by atoms with E-state index in [0.29, 0.717) is 12.5 Å². The Hall–Kier alpha value is -0.440. The second kappa shape index (κ2) is 7.67. The normalized spacial score (nSPS) is 29.2. The minimum atomic E-state index is -0.545. The topological polar surface area (TPSA) is 65.0 Å². The highest BCUT2D eigenvalue weighted by Crippen LogP contribution is 2.43. The number of benzene rings is 1. The van der Waals surface area contributed by atoms with Crippen molar-refractivity contribution in [1.82, 2.24) is 10.4 Å². The van der Waals surface area contributed by atoms with E-state index < -0.39 is 6.10 Å². The van der Waals surface area contributed by atoms with Gasteiger partial charge in [-0.05, 0) is 69.3 Å². The zero-order valence-electron chi connectivity index (χ0n) is 17.2. The van der Waals surface area contributed by atoms with E-state index in [1.165, 1.54) is 21.8 Å². The molecular formula is C21H32N2O3S2. The molecule has 0 saturated carbocycles. The molecule has 3 unspecified atom stereocenters. The molecule has 0 radical (unpaired) electrons. The third-order valence-electron chi connectivity index (χ3n) is 6.63. The monoisotopic (exact) mass is 424 g/mol. The zero-order chi connectivity index (χ0) is 20.1. The van der Waals surface area contributed by atoms with Gasteiger partial charge in [0.25, 0.3) is 0 Å². The molecule has 0 aliphatic carbocycles. The lowest BCUT2D eigenvalue weighted by molar-refractivity contribution is -0.196. The van der Waals surface area contributed by atoms with Crippen molar-refractivity contribution in [2.45, 2.75) is 75.3 Å². The molecule has 3 N–H and O–H groups in total. The number of nitrogens with one attached hydrogen (secondary N) is 1. The highest BCUT2D eigenvalue weighted by Gasteiger charge is 2.50. The first-order valence-corrected chi connectivity index (χ1v) is 12.6. The van der Waals surface area contributed by atoms with Crippen LogP contribution in [0.4, 0.5) is 0 Å². The SMILES string of the molecule is CC1(C)CC(CNCC(O)C2Cc3cc4c(cc3O2)CSSC4)C(C)(C)N1O. The van der Waals surface area contributed by atoms with Crippen LogP contribution in [0.2, 0.25) is 0 Å². The maximum Gasteiger partial charge on any atom is 0.130 e. The predicted molar refractivity (Wildman–Crippen MR) is 116 cm³/mol. The first kappa shape index (κ1) is 20.8. The van der Waals surface area contributed by atoms with Crippen LogP contribution < -0.4 is 10.1 Å².